The fraction of sp³-hybridized carbons (Fsp3) is 0.462. The summed E-state index contributed by atoms with van der Waals surface area (Å²) >= 11 is 0. The van der Waals surface area contributed by atoms with Crippen molar-refractivity contribution in [3.8, 4) is 5.75 Å². The van der Waals surface area contributed by atoms with Gasteiger partial charge in [0.2, 0.25) is 0 Å². The number of aldehydes is 1. The number of hydrogen-bond acceptors (Lipinski definition) is 3. The lowest BCUT2D eigenvalue weighted by atomic mass is 10.0. The van der Waals surface area contributed by atoms with Gasteiger partial charge in [-0.05, 0) is 44.9 Å². The molecule has 2 N–H and O–H groups in total. The first-order chi connectivity index (χ1) is 7.78. The molecule has 0 saturated carbocycles. The molecule has 0 aliphatic heterocycles. The average molecular weight is 222 g/mol. The molecule has 0 radical (unpaired) electrons. The van der Waals surface area contributed by atoms with Crippen molar-refractivity contribution >= 4 is 6.26 Å². The summed E-state index contributed by atoms with van der Waals surface area (Å²) in [5.74, 6) is 0.200. The summed E-state index contributed by atoms with van der Waals surface area (Å²) in [4.78, 5) is 11.2. The molecule has 1 aromatic rings. The van der Waals surface area contributed by atoms with Gasteiger partial charge in [-0.3, -0.25) is 0 Å². The van der Waals surface area contributed by atoms with Gasteiger partial charge in [-0.15, -0.1) is 0 Å². The van der Waals surface area contributed by atoms with E-state index in [0.29, 0.717) is 6.42 Å². The molecule has 0 unspecified atom stereocenters. The van der Waals surface area contributed by atoms with Crippen molar-refractivity contribution in [3.63, 3.8) is 0 Å². The van der Waals surface area contributed by atoms with Gasteiger partial charge in [-0.1, -0.05) is 12.1 Å². The van der Waals surface area contributed by atoms with Crippen LogP contribution in [0.1, 0.15) is 27.7 Å². The topological polar surface area (TPSA) is 49.3 Å². The van der Waals surface area contributed by atoms with Crippen LogP contribution in [0.15, 0.2) is 24.3 Å². The minimum Gasteiger partial charge on any atom is -0.508 e. The Morgan fingerprint density at radius 2 is 2.00 bits per heavy atom. The molecule has 0 fully saturated rings. The third-order valence-corrected chi connectivity index (χ3v) is 2.13. The van der Waals surface area contributed by atoms with E-state index in [1.807, 2.05) is 20.8 Å². The SMILES string of the molecule is [2H]C(=O)[C@H](Cc1ccc(O)cc1)NC(C)(C)C. The Labute approximate surface area is 97.9 Å². The Morgan fingerprint density at radius 3 is 2.44 bits per heavy atom. The van der Waals surface area contributed by atoms with Gasteiger partial charge in [0.1, 0.15) is 13.4 Å². The minimum atomic E-state index is -0.618. The zero-order valence-electron chi connectivity index (χ0n) is 10.9. The molecular formula is C13H19NO2. The standard InChI is InChI=1S/C13H19NO2/c1-13(2,3)14-11(9-15)8-10-4-6-12(16)7-5-10/h4-7,9,11,14,16H,8H2,1-3H3/t11-/m0/s1/i9D. The van der Waals surface area contributed by atoms with Crippen LogP contribution >= 0.6 is 0 Å². The van der Waals surface area contributed by atoms with Crippen molar-refractivity contribution < 1.29 is 11.3 Å². The van der Waals surface area contributed by atoms with Crippen molar-refractivity contribution in [1.29, 1.82) is 0 Å². The number of nitrogens with one attached hydrogen (secondary N) is 1. The second-order valence-corrected chi connectivity index (χ2v) is 4.94. The Hall–Kier alpha value is -1.35. The van der Waals surface area contributed by atoms with Crippen LogP contribution in [0.2, 0.25) is 0 Å². The molecule has 0 aromatic heterocycles. The minimum absolute atomic E-state index is 0.200. The summed E-state index contributed by atoms with van der Waals surface area (Å²) in [6.07, 6.45) is -0.159. The second kappa shape index (κ2) is 5.12. The van der Waals surface area contributed by atoms with Crippen molar-refractivity contribution in [2.24, 2.45) is 0 Å². The van der Waals surface area contributed by atoms with E-state index in [4.69, 9.17) is 6.48 Å². The molecule has 1 aromatic carbocycles. The summed E-state index contributed by atoms with van der Waals surface area (Å²) in [5.41, 5.74) is 0.711. The van der Waals surface area contributed by atoms with E-state index in [0.717, 1.165) is 5.56 Å². The second-order valence-electron chi connectivity index (χ2n) is 4.94. The molecule has 16 heavy (non-hydrogen) atoms. The van der Waals surface area contributed by atoms with Crippen molar-refractivity contribution in [2.45, 2.75) is 38.8 Å². The van der Waals surface area contributed by atoms with E-state index >= 15 is 0 Å². The largest absolute Gasteiger partial charge is 0.508 e. The molecule has 0 aliphatic rings. The normalized spacial score (nSPS) is 14.3. The van der Waals surface area contributed by atoms with Gasteiger partial charge in [-0.2, -0.15) is 0 Å². The van der Waals surface area contributed by atoms with Crippen LogP contribution in [0.25, 0.3) is 0 Å². The van der Waals surface area contributed by atoms with Crippen LogP contribution in [-0.2, 0) is 11.2 Å². The van der Waals surface area contributed by atoms with Crippen LogP contribution in [0.5, 0.6) is 5.75 Å². The molecule has 3 nitrogen and oxygen atoms in total. The Morgan fingerprint density at radius 1 is 1.44 bits per heavy atom. The first-order valence-electron chi connectivity index (χ1n) is 5.84. The first-order valence-corrected chi connectivity index (χ1v) is 5.34. The molecule has 0 aliphatic carbocycles. The van der Waals surface area contributed by atoms with E-state index in [1.54, 1.807) is 24.3 Å². The first kappa shape index (κ1) is 11.1. The molecule has 0 saturated heterocycles. The quantitative estimate of drug-likeness (QED) is 0.765. The number of phenols is 1. The van der Waals surface area contributed by atoms with Crippen LogP contribution in [0.3, 0.4) is 0 Å². The summed E-state index contributed by atoms with van der Waals surface area (Å²) in [7, 11) is 0. The van der Waals surface area contributed by atoms with Crippen molar-refractivity contribution in [3.05, 3.63) is 29.8 Å². The molecule has 0 heterocycles. The van der Waals surface area contributed by atoms with Crippen LogP contribution in [-0.4, -0.2) is 22.9 Å². The number of aromatic hydroxyl groups is 1. The lowest BCUT2D eigenvalue weighted by molar-refractivity contribution is -0.110. The van der Waals surface area contributed by atoms with Gasteiger partial charge in [0.05, 0.1) is 6.04 Å². The number of carbonyl (C=O) groups excluding carboxylic acids is 1. The molecule has 1 atom stereocenters. The van der Waals surface area contributed by atoms with Gasteiger partial charge in [-0.25, -0.2) is 0 Å². The molecule has 3 heteroatoms. The maximum atomic E-state index is 11.2. The van der Waals surface area contributed by atoms with E-state index in [2.05, 4.69) is 5.32 Å². The van der Waals surface area contributed by atoms with E-state index in [9.17, 15) is 4.79 Å². The third kappa shape index (κ3) is 4.45. The number of rotatable bonds is 4. The highest BCUT2D eigenvalue weighted by Crippen LogP contribution is 2.12. The van der Waals surface area contributed by atoms with Crippen LogP contribution in [0.4, 0.5) is 0 Å². The fourth-order valence-corrected chi connectivity index (χ4v) is 1.51. The monoisotopic (exact) mass is 222 g/mol. The van der Waals surface area contributed by atoms with Gasteiger partial charge in [0, 0.05) is 5.54 Å². The lowest BCUT2D eigenvalue weighted by Gasteiger charge is -2.25. The number of carbonyl (C=O) groups is 1. The average Bonchev–Trinajstić information content (AvgIpc) is 2.18. The Kier molecular flexibility index (Phi) is 3.57. The Balaban J connectivity index is 2.73. The van der Waals surface area contributed by atoms with E-state index < -0.39 is 12.3 Å². The fourth-order valence-electron chi connectivity index (χ4n) is 1.51. The summed E-state index contributed by atoms with van der Waals surface area (Å²) in [6, 6.07) is 6.17. The highest BCUT2D eigenvalue weighted by Gasteiger charge is 2.16. The highest BCUT2D eigenvalue weighted by molar-refractivity contribution is 5.58. The van der Waals surface area contributed by atoms with Gasteiger partial charge < -0.3 is 15.2 Å². The van der Waals surface area contributed by atoms with E-state index in [-0.39, 0.29) is 11.3 Å². The van der Waals surface area contributed by atoms with Gasteiger partial charge in [0.15, 0.2) is 0 Å². The van der Waals surface area contributed by atoms with Crippen LogP contribution < -0.4 is 5.32 Å². The van der Waals surface area contributed by atoms with Gasteiger partial charge in [0.25, 0.3) is 0 Å². The maximum Gasteiger partial charge on any atom is 0.137 e. The number of phenolic OH excluding ortho intramolecular Hbond substituents is 1. The molecular weight excluding hydrogens is 202 g/mol. The zero-order valence-corrected chi connectivity index (χ0v) is 9.95. The smallest absolute Gasteiger partial charge is 0.137 e. The molecule has 0 bridgehead atoms. The molecule has 0 amide bonds. The molecule has 1 rings (SSSR count). The van der Waals surface area contributed by atoms with E-state index in [1.165, 1.54) is 0 Å². The summed E-state index contributed by atoms with van der Waals surface area (Å²) < 4.78 is 7.26. The summed E-state index contributed by atoms with van der Waals surface area (Å²) in [6.45, 7) is 5.87. The lowest BCUT2D eigenvalue weighted by Crippen LogP contribution is -2.45. The summed E-state index contributed by atoms with van der Waals surface area (Å²) in [5, 5.41) is 12.3. The molecule has 0 spiro atoms. The van der Waals surface area contributed by atoms with Gasteiger partial charge >= 0.3 is 0 Å². The Bertz CT molecular complexity index is 381. The maximum absolute atomic E-state index is 11.2. The predicted octanol–water partition coefficient (Wildman–Crippen LogP) is 1.89. The van der Waals surface area contributed by atoms with Crippen LogP contribution in [0, 0.1) is 0 Å². The number of hydrogen-bond donors (Lipinski definition) is 2. The zero-order chi connectivity index (χ0) is 13.1. The molecule has 88 valence electrons. The number of benzene rings is 1. The highest BCUT2D eigenvalue weighted by atomic mass is 16.3. The third-order valence-electron chi connectivity index (χ3n) is 2.13. The van der Waals surface area contributed by atoms with Crippen molar-refractivity contribution in [2.75, 3.05) is 0 Å². The van der Waals surface area contributed by atoms with Crippen molar-refractivity contribution in [1.82, 2.24) is 5.32 Å². The predicted molar refractivity (Wildman–Crippen MR) is 64.6 cm³/mol.